The predicted octanol–water partition coefficient (Wildman–Crippen LogP) is 4.36. The van der Waals surface area contributed by atoms with Crippen LogP contribution in [0.1, 0.15) is 39.3 Å². The Morgan fingerprint density at radius 2 is 1.81 bits per heavy atom. The van der Waals surface area contributed by atoms with Gasteiger partial charge in [0.2, 0.25) is 0 Å². The maximum Gasteiger partial charge on any atom is 0.119 e. The number of rotatable bonds is 5. The summed E-state index contributed by atoms with van der Waals surface area (Å²) in [7, 11) is 2.07. The standard InChI is InChI=1S/C17H27NOS2/c1-11(2)19-15-8-6-14(7-9-15)17(18-5)16-10-20-12(3)13(4)21-16/h6-9,11-13,16-18H,10H2,1-5H3. The van der Waals surface area contributed by atoms with Crippen molar-refractivity contribution in [1.82, 2.24) is 5.32 Å². The van der Waals surface area contributed by atoms with E-state index >= 15 is 0 Å². The van der Waals surface area contributed by atoms with Gasteiger partial charge in [-0.15, -0.1) is 0 Å². The number of benzene rings is 1. The molecule has 1 aliphatic heterocycles. The number of nitrogens with one attached hydrogen (secondary N) is 1. The van der Waals surface area contributed by atoms with Gasteiger partial charge in [0.15, 0.2) is 0 Å². The van der Waals surface area contributed by atoms with Crippen LogP contribution < -0.4 is 10.1 Å². The van der Waals surface area contributed by atoms with E-state index in [0.717, 1.165) is 11.0 Å². The van der Waals surface area contributed by atoms with Crippen molar-refractivity contribution in [2.45, 2.75) is 55.6 Å². The van der Waals surface area contributed by atoms with Crippen LogP contribution in [0.4, 0.5) is 0 Å². The van der Waals surface area contributed by atoms with E-state index in [0.29, 0.717) is 16.5 Å². The SMILES string of the molecule is CNC(c1ccc(OC(C)C)cc1)C1CSC(C)C(C)S1. The second-order valence-electron chi connectivity index (χ2n) is 5.92. The molecule has 0 saturated carbocycles. The van der Waals surface area contributed by atoms with Gasteiger partial charge in [0.1, 0.15) is 5.75 Å². The maximum atomic E-state index is 5.73. The van der Waals surface area contributed by atoms with Crippen molar-refractivity contribution in [3.8, 4) is 5.75 Å². The first-order valence-electron chi connectivity index (χ1n) is 7.72. The molecule has 1 saturated heterocycles. The molecule has 2 nitrogen and oxygen atoms in total. The molecule has 0 bridgehead atoms. The van der Waals surface area contributed by atoms with Crippen LogP contribution in [0.2, 0.25) is 0 Å². The quantitative estimate of drug-likeness (QED) is 0.868. The molecule has 2 rings (SSSR count). The number of ether oxygens (including phenoxy) is 1. The Morgan fingerprint density at radius 1 is 1.14 bits per heavy atom. The molecule has 1 fully saturated rings. The van der Waals surface area contributed by atoms with Gasteiger partial charge >= 0.3 is 0 Å². The second kappa shape index (κ2) is 7.80. The summed E-state index contributed by atoms with van der Waals surface area (Å²) in [5, 5.41) is 5.61. The van der Waals surface area contributed by atoms with Crippen molar-refractivity contribution in [3.63, 3.8) is 0 Å². The summed E-state index contributed by atoms with van der Waals surface area (Å²) in [6, 6.07) is 8.99. The van der Waals surface area contributed by atoms with E-state index in [1.165, 1.54) is 11.3 Å². The third-order valence-corrected chi connectivity index (χ3v) is 7.36. The highest BCUT2D eigenvalue weighted by molar-refractivity contribution is 8.07. The van der Waals surface area contributed by atoms with Crippen LogP contribution in [-0.2, 0) is 0 Å². The van der Waals surface area contributed by atoms with Crippen molar-refractivity contribution in [2.24, 2.45) is 0 Å². The molecule has 1 N–H and O–H groups in total. The lowest BCUT2D eigenvalue weighted by molar-refractivity contribution is 0.242. The molecule has 118 valence electrons. The zero-order chi connectivity index (χ0) is 15.4. The first-order valence-corrected chi connectivity index (χ1v) is 9.71. The highest BCUT2D eigenvalue weighted by atomic mass is 32.2. The Hall–Kier alpha value is -0.320. The molecule has 4 unspecified atom stereocenters. The van der Waals surface area contributed by atoms with Crippen molar-refractivity contribution >= 4 is 23.5 Å². The van der Waals surface area contributed by atoms with Crippen molar-refractivity contribution in [2.75, 3.05) is 12.8 Å². The molecule has 0 spiro atoms. The van der Waals surface area contributed by atoms with Gasteiger partial charge in [-0.25, -0.2) is 0 Å². The Balaban J connectivity index is 2.06. The van der Waals surface area contributed by atoms with Gasteiger partial charge in [-0.2, -0.15) is 23.5 Å². The molecule has 1 aromatic rings. The van der Waals surface area contributed by atoms with Gasteiger partial charge in [-0.05, 0) is 38.6 Å². The van der Waals surface area contributed by atoms with Gasteiger partial charge in [0.05, 0.1) is 6.10 Å². The third-order valence-electron chi connectivity index (χ3n) is 3.87. The van der Waals surface area contributed by atoms with E-state index in [-0.39, 0.29) is 6.10 Å². The average Bonchev–Trinajstić information content (AvgIpc) is 2.45. The Morgan fingerprint density at radius 3 is 2.33 bits per heavy atom. The first-order chi connectivity index (χ1) is 10.0. The lowest BCUT2D eigenvalue weighted by Crippen LogP contribution is -2.35. The number of hydrogen-bond donors (Lipinski definition) is 1. The summed E-state index contributed by atoms with van der Waals surface area (Å²) >= 11 is 4.22. The van der Waals surface area contributed by atoms with Crippen LogP contribution >= 0.6 is 23.5 Å². The Bertz CT molecular complexity index is 435. The largest absolute Gasteiger partial charge is 0.491 e. The second-order valence-corrected chi connectivity index (χ2v) is 8.95. The highest BCUT2D eigenvalue weighted by Crippen LogP contribution is 2.41. The van der Waals surface area contributed by atoms with Crippen LogP contribution in [0.25, 0.3) is 0 Å². The minimum absolute atomic E-state index is 0.226. The maximum absolute atomic E-state index is 5.73. The van der Waals surface area contributed by atoms with E-state index in [1.54, 1.807) is 0 Å². The van der Waals surface area contributed by atoms with E-state index in [1.807, 2.05) is 0 Å². The summed E-state index contributed by atoms with van der Waals surface area (Å²) < 4.78 is 5.73. The number of hydrogen-bond acceptors (Lipinski definition) is 4. The molecular weight excluding hydrogens is 298 g/mol. The van der Waals surface area contributed by atoms with Gasteiger partial charge in [0, 0.05) is 27.5 Å². The molecule has 0 aliphatic carbocycles. The number of thioether (sulfide) groups is 2. The van der Waals surface area contributed by atoms with E-state index in [4.69, 9.17) is 4.74 Å². The van der Waals surface area contributed by atoms with Gasteiger partial charge in [0.25, 0.3) is 0 Å². The zero-order valence-electron chi connectivity index (χ0n) is 13.6. The fraction of sp³-hybridized carbons (Fsp3) is 0.647. The highest BCUT2D eigenvalue weighted by Gasteiger charge is 2.31. The Kier molecular flexibility index (Phi) is 6.33. The minimum Gasteiger partial charge on any atom is -0.491 e. The fourth-order valence-electron chi connectivity index (χ4n) is 2.58. The van der Waals surface area contributed by atoms with Crippen LogP contribution in [0, 0.1) is 0 Å². The predicted molar refractivity (Wildman–Crippen MR) is 96.8 cm³/mol. The van der Waals surface area contributed by atoms with Crippen molar-refractivity contribution in [1.29, 1.82) is 0 Å². The lowest BCUT2D eigenvalue weighted by atomic mass is 10.0. The third kappa shape index (κ3) is 4.57. The van der Waals surface area contributed by atoms with Crippen LogP contribution in [0.3, 0.4) is 0 Å². The van der Waals surface area contributed by atoms with Crippen LogP contribution in [0.5, 0.6) is 5.75 Å². The molecule has 4 atom stereocenters. The molecule has 1 aliphatic rings. The summed E-state index contributed by atoms with van der Waals surface area (Å²) in [6.07, 6.45) is 0.226. The first kappa shape index (κ1) is 17.0. The van der Waals surface area contributed by atoms with Gasteiger partial charge in [-0.3, -0.25) is 0 Å². The fourth-order valence-corrected chi connectivity index (χ4v) is 5.73. The molecule has 0 amide bonds. The summed E-state index contributed by atoms with van der Waals surface area (Å²) in [5.41, 5.74) is 1.36. The van der Waals surface area contributed by atoms with Gasteiger partial charge in [-0.1, -0.05) is 26.0 Å². The molecule has 1 aromatic carbocycles. The average molecular weight is 326 g/mol. The van der Waals surface area contributed by atoms with E-state index in [2.05, 4.69) is 87.8 Å². The van der Waals surface area contributed by atoms with Crippen LogP contribution in [-0.4, -0.2) is 34.7 Å². The van der Waals surface area contributed by atoms with Gasteiger partial charge < -0.3 is 10.1 Å². The molecule has 4 heteroatoms. The Labute approximate surface area is 137 Å². The van der Waals surface area contributed by atoms with E-state index in [9.17, 15) is 0 Å². The van der Waals surface area contributed by atoms with Crippen LogP contribution in [0.15, 0.2) is 24.3 Å². The molecule has 21 heavy (non-hydrogen) atoms. The molecule has 0 aromatic heterocycles. The zero-order valence-corrected chi connectivity index (χ0v) is 15.3. The minimum atomic E-state index is 0.226. The summed E-state index contributed by atoms with van der Waals surface area (Å²) in [4.78, 5) is 0. The molecule has 1 heterocycles. The van der Waals surface area contributed by atoms with Crippen molar-refractivity contribution < 1.29 is 4.74 Å². The monoisotopic (exact) mass is 325 g/mol. The lowest BCUT2D eigenvalue weighted by Gasteiger charge is -2.36. The van der Waals surface area contributed by atoms with E-state index < -0.39 is 0 Å². The molecular formula is C17H27NOS2. The topological polar surface area (TPSA) is 21.3 Å². The molecule has 0 radical (unpaired) electrons. The smallest absolute Gasteiger partial charge is 0.119 e. The normalized spacial score (nSPS) is 27.6. The summed E-state index contributed by atoms with van der Waals surface area (Å²) in [6.45, 7) is 8.80. The summed E-state index contributed by atoms with van der Waals surface area (Å²) in [5.74, 6) is 2.17. The van der Waals surface area contributed by atoms with Crippen molar-refractivity contribution in [3.05, 3.63) is 29.8 Å².